The van der Waals surface area contributed by atoms with Crippen molar-refractivity contribution in [3.05, 3.63) is 23.9 Å². The van der Waals surface area contributed by atoms with Crippen molar-refractivity contribution in [3.63, 3.8) is 0 Å². The van der Waals surface area contributed by atoms with Crippen LogP contribution in [-0.4, -0.2) is 18.6 Å². The summed E-state index contributed by atoms with van der Waals surface area (Å²) in [6.07, 6.45) is 0. The summed E-state index contributed by atoms with van der Waals surface area (Å²) in [7, 11) is 2.03. The van der Waals surface area contributed by atoms with Gasteiger partial charge in [-0.15, -0.1) is 0 Å². The van der Waals surface area contributed by atoms with Crippen LogP contribution in [-0.2, 0) is 0 Å². The molecular formula is C9H13N2. The first-order valence-corrected chi connectivity index (χ1v) is 3.80. The van der Waals surface area contributed by atoms with Crippen molar-refractivity contribution in [2.45, 2.75) is 13.8 Å². The third-order valence-corrected chi connectivity index (χ3v) is 1.67. The Bertz CT molecular complexity index is 233. The van der Waals surface area contributed by atoms with Crippen LogP contribution in [0.5, 0.6) is 0 Å². The van der Waals surface area contributed by atoms with E-state index >= 15 is 0 Å². The van der Waals surface area contributed by atoms with Crippen molar-refractivity contribution in [2.75, 3.05) is 18.5 Å². The highest BCUT2D eigenvalue weighted by molar-refractivity contribution is 5.37. The molecule has 0 amide bonds. The van der Waals surface area contributed by atoms with Crippen LogP contribution in [0.3, 0.4) is 0 Å². The second kappa shape index (κ2) is 3.37. The molecule has 11 heavy (non-hydrogen) atoms. The summed E-state index contributed by atoms with van der Waals surface area (Å²) in [5.41, 5.74) is 0.947. The van der Waals surface area contributed by atoms with E-state index in [2.05, 4.69) is 22.9 Å². The van der Waals surface area contributed by atoms with Gasteiger partial charge in [0.25, 0.3) is 0 Å². The fourth-order valence-electron chi connectivity index (χ4n) is 0.853. The first-order chi connectivity index (χ1) is 5.24. The lowest BCUT2D eigenvalue weighted by Gasteiger charge is -2.14. The number of aryl methyl sites for hydroxylation is 1. The minimum Gasteiger partial charge on any atom is -0.360 e. The van der Waals surface area contributed by atoms with E-state index in [-0.39, 0.29) is 0 Å². The first-order valence-electron chi connectivity index (χ1n) is 3.80. The van der Waals surface area contributed by atoms with Crippen molar-refractivity contribution < 1.29 is 0 Å². The van der Waals surface area contributed by atoms with Crippen LogP contribution in [0, 0.1) is 13.0 Å². The van der Waals surface area contributed by atoms with Crippen molar-refractivity contribution in [2.24, 2.45) is 0 Å². The molecule has 59 valence electrons. The Morgan fingerprint density at radius 1 is 1.64 bits per heavy atom. The second-order valence-electron chi connectivity index (χ2n) is 2.55. The highest BCUT2D eigenvalue weighted by atomic mass is 15.2. The van der Waals surface area contributed by atoms with Crippen LogP contribution >= 0.6 is 0 Å². The van der Waals surface area contributed by atoms with Gasteiger partial charge in [-0.25, -0.2) is 4.98 Å². The minimum atomic E-state index is 0.947. The quantitative estimate of drug-likeness (QED) is 0.635. The van der Waals surface area contributed by atoms with E-state index in [1.807, 2.05) is 26.1 Å². The van der Waals surface area contributed by atoms with E-state index in [1.54, 1.807) is 0 Å². The summed E-state index contributed by atoms with van der Waals surface area (Å²) < 4.78 is 0. The lowest BCUT2D eigenvalue weighted by atomic mass is 10.3. The fourth-order valence-corrected chi connectivity index (χ4v) is 0.853. The summed E-state index contributed by atoms with van der Waals surface area (Å²) in [5.74, 6) is 1.02. The van der Waals surface area contributed by atoms with Gasteiger partial charge in [-0.2, -0.15) is 0 Å². The monoisotopic (exact) mass is 149 g/mol. The number of aromatic nitrogens is 1. The van der Waals surface area contributed by atoms with Crippen molar-refractivity contribution in [1.82, 2.24) is 4.98 Å². The van der Waals surface area contributed by atoms with Crippen molar-refractivity contribution >= 4 is 5.82 Å². The molecule has 2 nitrogen and oxygen atoms in total. The summed E-state index contributed by atoms with van der Waals surface area (Å²) >= 11 is 0. The minimum absolute atomic E-state index is 0.947. The maximum absolute atomic E-state index is 4.31. The number of anilines is 1. The maximum Gasteiger partial charge on any atom is 0.128 e. The molecular weight excluding hydrogens is 136 g/mol. The van der Waals surface area contributed by atoms with Crippen molar-refractivity contribution in [3.8, 4) is 0 Å². The molecule has 0 saturated carbocycles. The molecule has 0 aliphatic carbocycles. The average molecular weight is 149 g/mol. The van der Waals surface area contributed by atoms with Crippen LogP contribution in [0.4, 0.5) is 5.82 Å². The molecule has 0 saturated heterocycles. The lowest BCUT2D eigenvalue weighted by molar-refractivity contribution is 0.930. The smallest absolute Gasteiger partial charge is 0.128 e. The SMILES string of the molecule is CCN(C)c1cc[c]c(C)n1. The standard InChI is InChI=1S/C9H13N2/c1-4-11(3)9-7-5-6-8(2)10-9/h5,7H,4H2,1-3H3. The van der Waals surface area contributed by atoms with E-state index in [4.69, 9.17) is 0 Å². The Hall–Kier alpha value is -1.05. The maximum atomic E-state index is 4.31. The molecule has 0 spiro atoms. The third-order valence-electron chi connectivity index (χ3n) is 1.67. The summed E-state index contributed by atoms with van der Waals surface area (Å²) in [4.78, 5) is 6.41. The zero-order chi connectivity index (χ0) is 8.27. The Kier molecular flexibility index (Phi) is 2.47. The zero-order valence-corrected chi connectivity index (χ0v) is 7.26. The van der Waals surface area contributed by atoms with E-state index in [0.29, 0.717) is 0 Å². The van der Waals surface area contributed by atoms with Crippen LogP contribution in [0.1, 0.15) is 12.6 Å². The molecule has 0 fully saturated rings. The van der Waals surface area contributed by atoms with Crippen molar-refractivity contribution in [1.29, 1.82) is 0 Å². The Labute approximate surface area is 67.9 Å². The van der Waals surface area contributed by atoms with E-state index < -0.39 is 0 Å². The molecule has 1 aromatic heterocycles. The molecule has 0 aliphatic heterocycles. The largest absolute Gasteiger partial charge is 0.360 e. The van der Waals surface area contributed by atoms with Gasteiger partial charge >= 0.3 is 0 Å². The molecule has 0 aromatic carbocycles. The van der Waals surface area contributed by atoms with Gasteiger partial charge in [0.1, 0.15) is 5.82 Å². The molecule has 0 N–H and O–H groups in total. The van der Waals surface area contributed by atoms with E-state index in [9.17, 15) is 0 Å². The van der Waals surface area contributed by atoms with Crippen LogP contribution in [0.25, 0.3) is 0 Å². The van der Waals surface area contributed by atoms with Crippen LogP contribution in [0.2, 0.25) is 0 Å². The fraction of sp³-hybridized carbons (Fsp3) is 0.444. The lowest BCUT2D eigenvalue weighted by Crippen LogP contribution is -2.17. The number of rotatable bonds is 2. The Balaban J connectivity index is 2.86. The zero-order valence-electron chi connectivity index (χ0n) is 7.26. The molecule has 1 aromatic rings. The molecule has 1 rings (SSSR count). The average Bonchev–Trinajstić information content (AvgIpc) is 2.03. The summed E-state index contributed by atoms with van der Waals surface area (Å²) in [6.45, 7) is 5.04. The van der Waals surface area contributed by atoms with Gasteiger partial charge in [0, 0.05) is 25.4 Å². The Morgan fingerprint density at radius 3 is 2.91 bits per heavy atom. The highest BCUT2D eigenvalue weighted by Gasteiger charge is 1.97. The summed E-state index contributed by atoms with van der Waals surface area (Å²) in [5, 5.41) is 0. The van der Waals surface area contributed by atoms with Gasteiger partial charge in [0.05, 0.1) is 0 Å². The molecule has 1 radical (unpaired) electrons. The van der Waals surface area contributed by atoms with Gasteiger partial charge in [0.15, 0.2) is 0 Å². The molecule has 0 atom stereocenters. The molecule has 0 aliphatic rings. The van der Waals surface area contributed by atoms with Gasteiger partial charge in [-0.3, -0.25) is 0 Å². The van der Waals surface area contributed by atoms with Gasteiger partial charge < -0.3 is 4.90 Å². The van der Waals surface area contributed by atoms with Gasteiger partial charge in [0.2, 0.25) is 0 Å². The second-order valence-corrected chi connectivity index (χ2v) is 2.55. The number of hydrogen-bond acceptors (Lipinski definition) is 2. The number of pyridine rings is 1. The predicted molar refractivity (Wildman–Crippen MR) is 46.8 cm³/mol. The van der Waals surface area contributed by atoms with E-state index in [0.717, 1.165) is 18.1 Å². The Morgan fingerprint density at radius 2 is 2.36 bits per heavy atom. The normalized spacial score (nSPS) is 9.73. The number of nitrogens with zero attached hydrogens (tertiary/aromatic N) is 2. The molecule has 1 heterocycles. The van der Waals surface area contributed by atoms with E-state index in [1.165, 1.54) is 0 Å². The molecule has 2 heteroatoms. The highest BCUT2D eigenvalue weighted by Crippen LogP contribution is 2.07. The number of hydrogen-bond donors (Lipinski definition) is 0. The topological polar surface area (TPSA) is 16.1 Å². The molecule has 0 unspecified atom stereocenters. The third kappa shape index (κ3) is 1.93. The predicted octanol–water partition coefficient (Wildman–Crippen LogP) is 1.65. The van der Waals surface area contributed by atoms with Crippen LogP contribution in [0.15, 0.2) is 12.1 Å². The van der Waals surface area contributed by atoms with Gasteiger partial charge in [-0.1, -0.05) is 0 Å². The first kappa shape index (κ1) is 8.05. The van der Waals surface area contributed by atoms with Crippen LogP contribution < -0.4 is 4.90 Å². The van der Waals surface area contributed by atoms with Gasteiger partial charge in [-0.05, 0) is 26.0 Å². The molecule has 0 bridgehead atoms. The summed E-state index contributed by atoms with van der Waals surface area (Å²) in [6, 6.07) is 6.89.